The molecule has 0 spiro atoms. The molecule has 1 fully saturated rings. The topological polar surface area (TPSA) is 77.8 Å². The van der Waals surface area contributed by atoms with Gasteiger partial charge in [-0.1, -0.05) is 66.2 Å². The molecule has 5 nitrogen and oxygen atoms in total. The van der Waals surface area contributed by atoms with Crippen molar-refractivity contribution < 1.29 is 19.8 Å². The lowest BCUT2D eigenvalue weighted by Crippen LogP contribution is -2.29. The number of phenols is 1. The summed E-state index contributed by atoms with van der Waals surface area (Å²) in [5.74, 6) is -1.92. The van der Waals surface area contributed by atoms with Gasteiger partial charge in [-0.15, -0.1) is 0 Å². The number of aliphatic hydroxyl groups excluding tert-OH is 1. The van der Waals surface area contributed by atoms with Gasteiger partial charge in [0.1, 0.15) is 11.5 Å². The van der Waals surface area contributed by atoms with Crippen LogP contribution in [0.5, 0.6) is 5.75 Å². The minimum Gasteiger partial charge on any atom is -0.507 e. The van der Waals surface area contributed by atoms with Crippen LogP contribution in [0, 0.1) is 13.8 Å². The number of nitrogens with zero attached hydrogens (tertiary/aromatic N) is 1. The van der Waals surface area contributed by atoms with Crippen molar-refractivity contribution in [3.05, 3.63) is 112 Å². The number of amides is 1. The molecular weight excluding hydrogens is 462 g/mol. The lowest BCUT2D eigenvalue weighted by molar-refractivity contribution is -0.132. The van der Waals surface area contributed by atoms with E-state index in [1.54, 1.807) is 24.3 Å². The maximum Gasteiger partial charge on any atom is 0.300 e. The fourth-order valence-electron chi connectivity index (χ4n) is 4.56. The molecule has 0 aliphatic carbocycles. The first-order valence-corrected chi connectivity index (χ1v) is 11.5. The minimum absolute atomic E-state index is 0.0358. The number of hydrogen-bond donors (Lipinski definition) is 2. The van der Waals surface area contributed by atoms with Crippen molar-refractivity contribution in [3.63, 3.8) is 0 Å². The zero-order chi connectivity index (χ0) is 24.9. The quantitative estimate of drug-likeness (QED) is 0.199. The van der Waals surface area contributed by atoms with E-state index in [0.717, 1.165) is 21.9 Å². The lowest BCUT2D eigenvalue weighted by Gasteiger charge is -2.26. The number of Topliss-reactive ketones (excluding diaryl/α,β-unsaturated/α-hetero) is 1. The summed E-state index contributed by atoms with van der Waals surface area (Å²) in [6.07, 6.45) is 0. The van der Waals surface area contributed by atoms with Gasteiger partial charge in [-0.05, 0) is 65.6 Å². The Morgan fingerprint density at radius 3 is 2.37 bits per heavy atom. The Hall–Kier alpha value is -4.09. The van der Waals surface area contributed by atoms with E-state index in [1.807, 2.05) is 56.3 Å². The number of hydrogen-bond acceptors (Lipinski definition) is 4. The Kier molecular flexibility index (Phi) is 5.58. The first-order valence-electron chi connectivity index (χ1n) is 11.1. The van der Waals surface area contributed by atoms with Crippen molar-refractivity contribution in [1.29, 1.82) is 0 Å². The number of benzene rings is 4. The first kappa shape index (κ1) is 22.7. The van der Waals surface area contributed by atoms with Crippen LogP contribution in [0.3, 0.4) is 0 Å². The number of anilines is 1. The predicted molar refractivity (Wildman–Crippen MR) is 138 cm³/mol. The second-order valence-corrected chi connectivity index (χ2v) is 9.08. The highest BCUT2D eigenvalue weighted by Crippen LogP contribution is 2.44. The molecule has 6 heteroatoms. The average molecular weight is 484 g/mol. The summed E-state index contributed by atoms with van der Waals surface area (Å²) >= 11 is 6.21. The normalized spacial score (nSPS) is 17.3. The van der Waals surface area contributed by atoms with Crippen molar-refractivity contribution in [1.82, 2.24) is 0 Å². The largest absolute Gasteiger partial charge is 0.507 e. The molecule has 1 unspecified atom stereocenters. The van der Waals surface area contributed by atoms with E-state index >= 15 is 0 Å². The van der Waals surface area contributed by atoms with Crippen LogP contribution in [0.2, 0.25) is 5.02 Å². The molecule has 4 aromatic rings. The van der Waals surface area contributed by atoms with Gasteiger partial charge in [0.25, 0.3) is 11.7 Å². The van der Waals surface area contributed by atoms with Crippen molar-refractivity contribution in [2.75, 3.05) is 4.90 Å². The molecule has 174 valence electrons. The molecule has 1 amide bonds. The molecule has 1 saturated heterocycles. The Balaban J connectivity index is 1.79. The van der Waals surface area contributed by atoms with E-state index in [1.165, 1.54) is 17.0 Å². The zero-order valence-corrected chi connectivity index (χ0v) is 19.9. The Morgan fingerprint density at radius 2 is 1.63 bits per heavy atom. The van der Waals surface area contributed by atoms with Crippen molar-refractivity contribution >= 4 is 45.5 Å². The van der Waals surface area contributed by atoms with Crippen LogP contribution in [0.15, 0.2) is 84.4 Å². The van der Waals surface area contributed by atoms with Gasteiger partial charge < -0.3 is 10.2 Å². The average Bonchev–Trinajstić information content (AvgIpc) is 3.12. The maximum absolute atomic E-state index is 13.4. The van der Waals surface area contributed by atoms with Crippen LogP contribution in [-0.4, -0.2) is 21.9 Å². The summed E-state index contributed by atoms with van der Waals surface area (Å²) in [7, 11) is 0. The van der Waals surface area contributed by atoms with Crippen LogP contribution in [0.1, 0.15) is 28.3 Å². The molecule has 0 radical (unpaired) electrons. The maximum atomic E-state index is 13.4. The second kappa shape index (κ2) is 8.60. The fraction of sp³-hybridized carbons (Fsp3) is 0.103. The fourth-order valence-corrected chi connectivity index (χ4v) is 4.75. The molecule has 1 atom stereocenters. The standard InChI is InChI=1S/C29H22ClNO4/c1-16-10-12-20(14-17(16)2)31-26(19-11-13-24(32)23(30)15-19)25(28(34)29(31)35)27(33)22-9-5-7-18-6-3-4-8-21(18)22/h3-15,26,32-33H,1-2H3/b27-25-. The smallest absolute Gasteiger partial charge is 0.300 e. The highest BCUT2D eigenvalue weighted by atomic mass is 35.5. The minimum atomic E-state index is -0.936. The van der Waals surface area contributed by atoms with Crippen molar-refractivity contribution in [2.45, 2.75) is 19.9 Å². The molecule has 2 N–H and O–H groups in total. The van der Waals surface area contributed by atoms with Gasteiger partial charge in [0.2, 0.25) is 0 Å². The highest BCUT2D eigenvalue weighted by Gasteiger charge is 2.47. The number of phenolic OH excluding ortho intramolecular Hbond substituents is 1. The van der Waals surface area contributed by atoms with Crippen LogP contribution < -0.4 is 4.90 Å². The van der Waals surface area contributed by atoms with E-state index < -0.39 is 17.7 Å². The Morgan fingerprint density at radius 1 is 0.886 bits per heavy atom. The van der Waals surface area contributed by atoms with Crippen LogP contribution in [0.4, 0.5) is 5.69 Å². The number of halogens is 1. The van der Waals surface area contributed by atoms with E-state index in [-0.39, 0.29) is 22.1 Å². The van der Waals surface area contributed by atoms with E-state index in [4.69, 9.17) is 11.6 Å². The summed E-state index contributed by atoms with van der Waals surface area (Å²) in [5, 5.41) is 23.2. The molecule has 0 saturated carbocycles. The van der Waals surface area contributed by atoms with Gasteiger partial charge in [0, 0.05) is 11.3 Å². The zero-order valence-electron chi connectivity index (χ0n) is 19.1. The number of rotatable bonds is 3. The van der Waals surface area contributed by atoms with E-state index in [2.05, 4.69) is 0 Å². The summed E-state index contributed by atoms with van der Waals surface area (Å²) in [5.41, 5.74) is 3.45. The molecule has 4 aromatic carbocycles. The molecule has 1 aliphatic rings. The number of aliphatic hydroxyl groups is 1. The summed E-state index contributed by atoms with van der Waals surface area (Å²) < 4.78 is 0. The van der Waals surface area contributed by atoms with Crippen LogP contribution in [-0.2, 0) is 9.59 Å². The number of carbonyl (C=O) groups excluding carboxylic acids is 2. The third-order valence-electron chi connectivity index (χ3n) is 6.55. The van der Waals surface area contributed by atoms with Gasteiger partial charge in [-0.2, -0.15) is 0 Å². The summed E-state index contributed by atoms with van der Waals surface area (Å²) in [6, 6.07) is 22.0. The molecule has 5 rings (SSSR count). The summed E-state index contributed by atoms with van der Waals surface area (Å²) in [6.45, 7) is 3.89. The number of aryl methyl sites for hydroxylation is 2. The molecular formula is C29H22ClNO4. The van der Waals surface area contributed by atoms with Crippen LogP contribution >= 0.6 is 11.6 Å². The first-order chi connectivity index (χ1) is 16.8. The molecule has 0 bridgehead atoms. The predicted octanol–water partition coefficient (Wildman–Crippen LogP) is 6.44. The number of ketones is 1. The third-order valence-corrected chi connectivity index (χ3v) is 6.85. The van der Waals surface area contributed by atoms with E-state index in [0.29, 0.717) is 16.8 Å². The summed E-state index contributed by atoms with van der Waals surface area (Å²) in [4.78, 5) is 28.2. The number of aromatic hydroxyl groups is 1. The second-order valence-electron chi connectivity index (χ2n) is 8.68. The molecule has 0 aromatic heterocycles. The number of carbonyl (C=O) groups is 2. The lowest BCUT2D eigenvalue weighted by atomic mass is 9.93. The van der Waals surface area contributed by atoms with Gasteiger partial charge in [-0.3, -0.25) is 14.5 Å². The SMILES string of the molecule is Cc1ccc(N2C(=O)C(=O)/C(=C(\O)c3cccc4ccccc34)C2c2ccc(O)c(Cl)c2)cc1C. The van der Waals surface area contributed by atoms with Crippen molar-refractivity contribution in [2.24, 2.45) is 0 Å². The monoisotopic (exact) mass is 483 g/mol. The van der Waals surface area contributed by atoms with Gasteiger partial charge in [0.15, 0.2) is 0 Å². The van der Waals surface area contributed by atoms with Crippen LogP contribution in [0.25, 0.3) is 16.5 Å². The highest BCUT2D eigenvalue weighted by molar-refractivity contribution is 6.52. The molecule has 1 aliphatic heterocycles. The van der Waals surface area contributed by atoms with Crippen molar-refractivity contribution in [3.8, 4) is 5.75 Å². The number of fused-ring (bicyclic) bond motifs is 1. The van der Waals surface area contributed by atoms with Gasteiger partial charge in [-0.25, -0.2) is 0 Å². The third kappa shape index (κ3) is 3.74. The van der Waals surface area contributed by atoms with Gasteiger partial charge >= 0.3 is 0 Å². The Bertz CT molecular complexity index is 1550. The Labute approximate surface area is 207 Å². The molecule has 1 heterocycles. The molecule has 35 heavy (non-hydrogen) atoms. The van der Waals surface area contributed by atoms with Gasteiger partial charge in [0.05, 0.1) is 16.6 Å². The van der Waals surface area contributed by atoms with E-state index in [9.17, 15) is 19.8 Å².